The van der Waals surface area contributed by atoms with Gasteiger partial charge in [0.1, 0.15) is 5.69 Å². The van der Waals surface area contributed by atoms with Crippen molar-refractivity contribution in [1.29, 1.82) is 0 Å². The number of nitrogens with zero attached hydrogens (tertiary/aromatic N) is 3. The fraction of sp³-hybridized carbons (Fsp3) is 0.261. The molecule has 2 amide bonds. The minimum atomic E-state index is -0.436. The number of rotatable bonds is 6. The van der Waals surface area contributed by atoms with Crippen LogP contribution in [0.2, 0.25) is 10.0 Å². The van der Waals surface area contributed by atoms with Gasteiger partial charge >= 0.3 is 0 Å². The van der Waals surface area contributed by atoms with E-state index in [-0.39, 0.29) is 22.2 Å². The van der Waals surface area contributed by atoms with E-state index in [0.29, 0.717) is 53.6 Å². The van der Waals surface area contributed by atoms with Crippen LogP contribution in [0.5, 0.6) is 11.5 Å². The Morgan fingerprint density at radius 3 is 2.47 bits per heavy atom. The Morgan fingerprint density at radius 2 is 1.79 bits per heavy atom. The summed E-state index contributed by atoms with van der Waals surface area (Å²) in [5.41, 5.74) is 0.952. The number of anilines is 2. The number of amides is 2. The largest absolute Gasteiger partial charge is 0.493 e. The van der Waals surface area contributed by atoms with E-state index < -0.39 is 5.91 Å². The number of hydrogen-bond donors (Lipinski definition) is 0. The average Bonchev–Trinajstić information content (AvgIpc) is 3.33. The molecule has 0 N–H and O–H groups in total. The topological polar surface area (TPSA) is 81.2 Å². The van der Waals surface area contributed by atoms with Crippen LogP contribution in [0.4, 0.5) is 10.8 Å². The van der Waals surface area contributed by atoms with Crippen molar-refractivity contribution >= 4 is 57.2 Å². The molecule has 178 valence electrons. The number of methoxy groups -OCH3 is 2. The molecule has 0 aliphatic carbocycles. The maximum atomic E-state index is 13.7. The summed E-state index contributed by atoms with van der Waals surface area (Å²) >= 11 is 13.5. The summed E-state index contributed by atoms with van der Waals surface area (Å²) in [7, 11) is 3.03. The van der Waals surface area contributed by atoms with E-state index in [2.05, 4.69) is 4.98 Å². The van der Waals surface area contributed by atoms with Crippen molar-refractivity contribution in [1.82, 2.24) is 9.88 Å². The Balaban J connectivity index is 1.76. The Kier molecular flexibility index (Phi) is 7.57. The molecule has 1 aliphatic heterocycles. The van der Waals surface area contributed by atoms with Crippen molar-refractivity contribution in [3.8, 4) is 11.5 Å². The van der Waals surface area contributed by atoms with Gasteiger partial charge in [0, 0.05) is 29.6 Å². The van der Waals surface area contributed by atoms with Crippen LogP contribution in [0.3, 0.4) is 0 Å². The number of aromatic nitrogens is 1. The molecular weight excluding hydrogens is 501 g/mol. The molecule has 2 aromatic carbocycles. The van der Waals surface area contributed by atoms with Crippen LogP contribution < -0.4 is 14.4 Å². The molecule has 0 spiro atoms. The van der Waals surface area contributed by atoms with E-state index >= 15 is 0 Å². The highest BCUT2D eigenvalue weighted by Gasteiger charge is 2.28. The summed E-state index contributed by atoms with van der Waals surface area (Å²) in [6.07, 6.45) is 0. The zero-order valence-corrected chi connectivity index (χ0v) is 20.7. The monoisotopic (exact) mass is 521 g/mol. The molecule has 34 heavy (non-hydrogen) atoms. The van der Waals surface area contributed by atoms with E-state index in [1.165, 1.54) is 36.5 Å². The van der Waals surface area contributed by atoms with Gasteiger partial charge < -0.3 is 19.1 Å². The number of thiazole rings is 1. The van der Waals surface area contributed by atoms with E-state index in [1.807, 2.05) is 0 Å². The Bertz CT molecular complexity index is 1210. The molecule has 2 heterocycles. The Morgan fingerprint density at radius 1 is 1.06 bits per heavy atom. The molecule has 3 aromatic rings. The summed E-state index contributed by atoms with van der Waals surface area (Å²) in [4.78, 5) is 34.2. The van der Waals surface area contributed by atoms with Gasteiger partial charge in [-0.05, 0) is 30.3 Å². The molecule has 1 aliphatic rings. The first-order valence-electron chi connectivity index (χ1n) is 10.3. The standard InChI is InChI=1S/C23H21Cl2N3O5S/c1-31-19-6-4-15(12-20(19)32-2)28(21(29)16-5-3-14(24)11-17(16)25)23-26-18(13-34-23)22(30)27-7-9-33-10-8-27/h3-6,11-13H,7-10H2,1-2H3. The number of hydrogen-bond acceptors (Lipinski definition) is 7. The first kappa shape index (κ1) is 24.3. The minimum absolute atomic E-state index is 0.198. The van der Waals surface area contributed by atoms with Crippen LogP contribution in [0, 0.1) is 0 Å². The normalized spacial score (nSPS) is 13.5. The molecule has 0 unspecified atom stereocenters. The summed E-state index contributed by atoms with van der Waals surface area (Å²) in [6, 6.07) is 9.68. The second kappa shape index (κ2) is 10.6. The summed E-state index contributed by atoms with van der Waals surface area (Å²) in [5, 5.41) is 2.55. The van der Waals surface area contributed by atoms with Crippen LogP contribution in [0.25, 0.3) is 0 Å². The van der Waals surface area contributed by atoms with Gasteiger partial charge in [0.25, 0.3) is 11.8 Å². The third-order valence-corrected chi connectivity index (χ3v) is 6.56. The van der Waals surface area contributed by atoms with E-state index in [4.69, 9.17) is 37.4 Å². The smallest absolute Gasteiger partial charge is 0.273 e. The molecule has 8 nitrogen and oxygen atoms in total. The lowest BCUT2D eigenvalue weighted by molar-refractivity contribution is 0.0299. The highest BCUT2D eigenvalue weighted by molar-refractivity contribution is 7.14. The summed E-state index contributed by atoms with van der Waals surface area (Å²) in [6.45, 7) is 1.94. The Labute approximate surface area is 210 Å². The van der Waals surface area contributed by atoms with Gasteiger partial charge in [-0.3, -0.25) is 14.5 Å². The van der Waals surface area contributed by atoms with Crippen molar-refractivity contribution in [2.75, 3.05) is 45.4 Å². The van der Waals surface area contributed by atoms with Gasteiger partial charge in [-0.25, -0.2) is 4.98 Å². The lowest BCUT2D eigenvalue weighted by atomic mass is 10.1. The summed E-state index contributed by atoms with van der Waals surface area (Å²) in [5.74, 6) is 0.287. The average molecular weight is 522 g/mol. The maximum absolute atomic E-state index is 13.7. The van der Waals surface area contributed by atoms with E-state index in [1.54, 1.807) is 40.6 Å². The van der Waals surface area contributed by atoms with E-state index in [9.17, 15) is 9.59 Å². The lowest BCUT2D eigenvalue weighted by Gasteiger charge is -2.26. The number of ether oxygens (including phenoxy) is 3. The van der Waals surface area contributed by atoms with Crippen molar-refractivity contribution in [2.24, 2.45) is 0 Å². The van der Waals surface area contributed by atoms with Crippen LogP contribution in [0.1, 0.15) is 20.8 Å². The van der Waals surface area contributed by atoms with Crippen molar-refractivity contribution in [3.05, 3.63) is 63.1 Å². The molecule has 1 fully saturated rings. The van der Waals surface area contributed by atoms with Crippen LogP contribution in [-0.4, -0.2) is 62.2 Å². The number of carbonyl (C=O) groups is 2. The van der Waals surface area contributed by atoms with Gasteiger partial charge in [0.15, 0.2) is 16.6 Å². The molecule has 1 saturated heterocycles. The van der Waals surface area contributed by atoms with Gasteiger partial charge in [0.05, 0.1) is 43.7 Å². The fourth-order valence-electron chi connectivity index (χ4n) is 3.46. The second-order valence-corrected chi connectivity index (χ2v) is 8.90. The van der Waals surface area contributed by atoms with Gasteiger partial charge in [-0.2, -0.15) is 0 Å². The molecule has 4 rings (SSSR count). The molecule has 11 heteroatoms. The van der Waals surface area contributed by atoms with Crippen molar-refractivity contribution in [3.63, 3.8) is 0 Å². The van der Waals surface area contributed by atoms with E-state index in [0.717, 1.165) is 0 Å². The second-order valence-electron chi connectivity index (χ2n) is 7.22. The highest BCUT2D eigenvalue weighted by Crippen LogP contribution is 2.37. The Hall–Kier alpha value is -2.85. The number of halogens is 2. The highest BCUT2D eigenvalue weighted by atomic mass is 35.5. The number of morpholine rings is 1. The molecule has 1 aromatic heterocycles. The lowest BCUT2D eigenvalue weighted by Crippen LogP contribution is -2.40. The molecule has 0 radical (unpaired) electrons. The molecular formula is C23H21Cl2N3O5S. The fourth-order valence-corrected chi connectivity index (χ4v) is 4.76. The number of carbonyl (C=O) groups excluding carboxylic acids is 2. The van der Waals surface area contributed by atoms with Crippen molar-refractivity contribution < 1.29 is 23.8 Å². The number of benzene rings is 2. The quantitative estimate of drug-likeness (QED) is 0.458. The van der Waals surface area contributed by atoms with Gasteiger partial charge in [-0.15, -0.1) is 11.3 Å². The SMILES string of the molecule is COc1ccc(N(C(=O)c2ccc(Cl)cc2Cl)c2nc(C(=O)N3CCOCC3)cs2)cc1OC. The first-order valence-corrected chi connectivity index (χ1v) is 11.9. The van der Waals surface area contributed by atoms with Crippen molar-refractivity contribution in [2.45, 2.75) is 0 Å². The minimum Gasteiger partial charge on any atom is -0.493 e. The molecule has 0 saturated carbocycles. The maximum Gasteiger partial charge on any atom is 0.273 e. The molecule has 0 atom stereocenters. The third kappa shape index (κ3) is 4.97. The predicted octanol–water partition coefficient (Wildman–Crippen LogP) is 4.92. The summed E-state index contributed by atoms with van der Waals surface area (Å²) < 4.78 is 16.1. The van der Waals surface area contributed by atoms with Gasteiger partial charge in [-0.1, -0.05) is 23.2 Å². The van der Waals surface area contributed by atoms with Crippen LogP contribution in [-0.2, 0) is 4.74 Å². The predicted molar refractivity (Wildman–Crippen MR) is 131 cm³/mol. The third-order valence-electron chi connectivity index (χ3n) is 5.19. The zero-order valence-electron chi connectivity index (χ0n) is 18.4. The zero-order chi connectivity index (χ0) is 24.2. The van der Waals surface area contributed by atoms with Crippen LogP contribution in [0.15, 0.2) is 41.8 Å². The van der Waals surface area contributed by atoms with Crippen LogP contribution >= 0.6 is 34.5 Å². The van der Waals surface area contributed by atoms with Gasteiger partial charge in [0.2, 0.25) is 0 Å². The molecule has 0 bridgehead atoms. The first-order chi connectivity index (χ1) is 16.4.